The fourth-order valence-electron chi connectivity index (χ4n) is 1.37. The van der Waals surface area contributed by atoms with Crippen LogP contribution in [0.1, 0.15) is 33.6 Å². The van der Waals surface area contributed by atoms with Crippen LogP contribution in [-0.4, -0.2) is 43.2 Å². The van der Waals surface area contributed by atoms with E-state index in [9.17, 15) is 9.36 Å². The highest BCUT2D eigenvalue weighted by molar-refractivity contribution is 7.55. The number of Topliss-reactive ketones (excluding diaryl/α,β-unsaturated/α-hetero) is 1. The molecule has 0 rings (SSSR count). The van der Waals surface area contributed by atoms with Gasteiger partial charge in [-0.15, -0.1) is 0 Å². The molecule has 1 N–H and O–H groups in total. The Hall–Kier alpha value is -0.260. The van der Waals surface area contributed by atoms with Gasteiger partial charge < -0.3 is 18.9 Å². The van der Waals surface area contributed by atoms with Crippen LogP contribution in [0.25, 0.3) is 0 Å². The van der Waals surface area contributed by atoms with Gasteiger partial charge >= 0.3 is 7.60 Å². The Labute approximate surface area is 108 Å². The molecule has 18 heavy (non-hydrogen) atoms. The van der Waals surface area contributed by atoms with Crippen molar-refractivity contribution >= 4 is 13.4 Å². The summed E-state index contributed by atoms with van der Waals surface area (Å²) >= 11 is 0. The van der Waals surface area contributed by atoms with Crippen LogP contribution in [0.2, 0.25) is 0 Å². The molecule has 0 aromatic rings. The third-order valence-corrected chi connectivity index (χ3v) is 4.40. The number of hydrogen-bond donors (Lipinski definition) is 1. The van der Waals surface area contributed by atoms with Gasteiger partial charge in [-0.2, -0.15) is 0 Å². The van der Waals surface area contributed by atoms with Gasteiger partial charge in [0, 0.05) is 13.2 Å². The summed E-state index contributed by atoms with van der Waals surface area (Å²) in [7, 11) is -3.57. The average molecular weight is 282 g/mol. The second-order valence-corrected chi connectivity index (χ2v) is 5.70. The van der Waals surface area contributed by atoms with Gasteiger partial charge in [0.15, 0.2) is 5.78 Å². The molecule has 0 aliphatic rings. The van der Waals surface area contributed by atoms with Crippen LogP contribution in [0.5, 0.6) is 0 Å². The van der Waals surface area contributed by atoms with E-state index in [0.29, 0.717) is 12.8 Å². The van der Waals surface area contributed by atoms with E-state index in [1.54, 1.807) is 13.8 Å². The molecule has 0 aliphatic carbocycles. The summed E-state index contributed by atoms with van der Waals surface area (Å²) in [5, 5.41) is 8.64. The molecular formula is C11H23O6P. The van der Waals surface area contributed by atoms with Gasteiger partial charge in [0.25, 0.3) is 0 Å². The first-order chi connectivity index (χ1) is 8.51. The average Bonchev–Trinajstić information content (AvgIpc) is 2.28. The maximum absolute atomic E-state index is 12.4. The van der Waals surface area contributed by atoms with Gasteiger partial charge in [-0.25, -0.2) is 0 Å². The maximum Gasteiger partial charge on any atom is 0.366 e. The van der Waals surface area contributed by atoms with Gasteiger partial charge in [0.05, 0.1) is 13.2 Å². The molecule has 1 unspecified atom stereocenters. The van der Waals surface area contributed by atoms with Gasteiger partial charge in [0.1, 0.15) is 0 Å². The summed E-state index contributed by atoms with van der Waals surface area (Å²) in [5.41, 5.74) is 0. The molecule has 0 aromatic heterocycles. The molecule has 0 saturated carbocycles. The summed E-state index contributed by atoms with van der Waals surface area (Å²) in [6, 6.07) is 0. The summed E-state index contributed by atoms with van der Waals surface area (Å²) in [6.45, 7) is 5.30. The maximum atomic E-state index is 12.4. The van der Waals surface area contributed by atoms with Crippen LogP contribution in [0.4, 0.5) is 0 Å². The van der Waals surface area contributed by atoms with Crippen molar-refractivity contribution in [3.8, 4) is 0 Å². The Bertz CT molecular complexity index is 271. The Balaban J connectivity index is 4.61. The van der Waals surface area contributed by atoms with E-state index in [1.807, 2.05) is 0 Å². The van der Waals surface area contributed by atoms with E-state index in [0.717, 1.165) is 0 Å². The lowest BCUT2D eigenvalue weighted by Crippen LogP contribution is -2.25. The Morgan fingerprint density at radius 1 is 1.22 bits per heavy atom. The minimum absolute atomic E-state index is 0.0582. The molecule has 0 bridgehead atoms. The predicted octanol–water partition coefficient (Wildman–Crippen LogP) is 1.96. The van der Waals surface area contributed by atoms with Crippen molar-refractivity contribution in [1.29, 1.82) is 0 Å². The van der Waals surface area contributed by atoms with Gasteiger partial charge in [-0.1, -0.05) is 0 Å². The molecule has 0 amide bonds. The van der Waals surface area contributed by atoms with Crippen LogP contribution in [0, 0.1) is 0 Å². The van der Waals surface area contributed by atoms with Crippen LogP contribution in [0.15, 0.2) is 0 Å². The lowest BCUT2D eigenvalue weighted by Gasteiger charge is -2.24. The summed E-state index contributed by atoms with van der Waals surface area (Å²) in [4.78, 5) is 11.5. The number of unbranched alkanes of at least 4 members (excludes halogenated alkanes) is 1. The number of carbonyl (C=O) groups excluding carboxylic acids is 1. The Kier molecular flexibility index (Phi) is 9.50. The molecule has 0 aromatic carbocycles. The van der Waals surface area contributed by atoms with E-state index in [2.05, 4.69) is 0 Å². The fraction of sp³-hybridized carbons (Fsp3) is 0.909. The zero-order chi connectivity index (χ0) is 14.0. The molecule has 0 aliphatic heterocycles. The lowest BCUT2D eigenvalue weighted by molar-refractivity contribution is -0.124. The standard InChI is InChI=1S/C11H23O6P/c1-4-16-18(14,17-5-2)11(10(3)13)15-9-7-6-8-12/h11-12H,4-9H2,1-3H3. The molecule has 0 heterocycles. The second kappa shape index (κ2) is 9.64. The molecule has 108 valence electrons. The summed E-state index contributed by atoms with van der Waals surface area (Å²) < 4.78 is 27.9. The Morgan fingerprint density at radius 3 is 2.17 bits per heavy atom. The highest BCUT2D eigenvalue weighted by atomic mass is 31.2. The van der Waals surface area contributed by atoms with E-state index in [1.165, 1.54) is 6.92 Å². The van der Waals surface area contributed by atoms with E-state index < -0.39 is 13.4 Å². The largest absolute Gasteiger partial charge is 0.396 e. The van der Waals surface area contributed by atoms with Crippen LogP contribution in [-0.2, 0) is 23.1 Å². The predicted molar refractivity (Wildman–Crippen MR) is 67.6 cm³/mol. The topological polar surface area (TPSA) is 82.1 Å². The third kappa shape index (κ3) is 6.07. The zero-order valence-corrected chi connectivity index (χ0v) is 12.2. The van der Waals surface area contributed by atoms with E-state index >= 15 is 0 Å². The normalized spacial score (nSPS) is 13.6. The number of carbonyl (C=O) groups is 1. The summed E-state index contributed by atoms with van der Waals surface area (Å²) in [5.74, 6) is -1.57. The number of ketones is 1. The van der Waals surface area contributed by atoms with Crippen molar-refractivity contribution in [2.45, 2.75) is 39.5 Å². The monoisotopic (exact) mass is 282 g/mol. The first kappa shape index (κ1) is 17.7. The van der Waals surface area contributed by atoms with Crippen molar-refractivity contribution < 1.29 is 28.3 Å². The van der Waals surface area contributed by atoms with Crippen molar-refractivity contribution in [1.82, 2.24) is 0 Å². The molecule has 6 nitrogen and oxygen atoms in total. The van der Waals surface area contributed by atoms with E-state index in [-0.39, 0.29) is 32.2 Å². The number of rotatable bonds is 11. The number of aliphatic hydroxyl groups is 1. The molecule has 0 saturated heterocycles. The lowest BCUT2D eigenvalue weighted by atomic mass is 10.3. The molecular weight excluding hydrogens is 259 g/mol. The second-order valence-electron chi connectivity index (χ2n) is 3.64. The van der Waals surface area contributed by atoms with Crippen LogP contribution in [0.3, 0.4) is 0 Å². The number of hydrogen-bond acceptors (Lipinski definition) is 6. The zero-order valence-electron chi connectivity index (χ0n) is 11.3. The van der Waals surface area contributed by atoms with Crippen molar-refractivity contribution in [3.63, 3.8) is 0 Å². The first-order valence-corrected chi connectivity index (χ1v) is 7.74. The minimum Gasteiger partial charge on any atom is -0.396 e. The Morgan fingerprint density at radius 2 is 1.78 bits per heavy atom. The molecule has 7 heteroatoms. The third-order valence-electron chi connectivity index (χ3n) is 2.08. The van der Waals surface area contributed by atoms with Crippen molar-refractivity contribution in [2.75, 3.05) is 26.4 Å². The first-order valence-electron chi connectivity index (χ1n) is 6.13. The smallest absolute Gasteiger partial charge is 0.366 e. The molecule has 0 spiro atoms. The number of aliphatic hydroxyl groups excluding tert-OH is 1. The molecule has 0 radical (unpaired) electrons. The van der Waals surface area contributed by atoms with Gasteiger partial charge in [0.2, 0.25) is 5.85 Å². The molecule has 1 atom stereocenters. The quantitative estimate of drug-likeness (QED) is 0.461. The molecule has 0 fully saturated rings. The van der Waals surface area contributed by atoms with Gasteiger partial charge in [-0.3, -0.25) is 9.36 Å². The highest BCUT2D eigenvalue weighted by Gasteiger charge is 2.39. The van der Waals surface area contributed by atoms with Crippen LogP contribution >= 0.6 is 7.60 Å². The highest BCUT2D eigenvalue weighted by Crippen LogP contribution is 2.53. The minimum atomic E-state index is -3.57. The summed E-state index contributed by atoms with van der Waals surface area (Å²) in [6.07, 6.45) is 1.15. The van der Waals surface area contributed by atoms with Crippen LogP contribution < -0.4 is 0 Å². The number of ether oxygens (including phenoxy) is 1. The van der Waals surface area contributed by atoms with Gasteiger partial charge in [-0.05, 0) is 33.6 Å². The fourth-order valence-corrected chi connectivity index (χ4v) is 3.17. The SMILES string of the molecule is CCOP(=O)(OCC)C(OCCCCO)C(C)=O. The van der Waals surface area contributed by atoms with Crippen molar-refractivity contribution in [2.24, 2.45) is 0 Å². The van der Waals surface area contributed by atoms with E-state index in [4.69, 9.17) is 18.9 Å². The van der Waals surface area contributed by atoms with Crippen molar-refractivity contribution in [3.05, 3.63) is 0 Å².